The second-order valence-corrected chi connectivity index (χ2v) is 9.47. The standard InChI is InChI=1S/C24H23Cl2N3O2S/c25-17-10-11-21(19(26)14-17)27-22(30)15-32-24-28-20-9-5-4-8-18(20)23(31)29(24)13-12-16-6-2-1-3-7-16/h4-6,8-11,14H,1-3,7,12-13,15H2,(H,27,30). The molecule has 0 aliphatic heterocycles. The molecule has 1 N–H and O–H groups in total. The lowest BCUT2D eigenvalue weighted by Crippen LogP contribution is -2.24. The number of nitrogens with zero attached hydrogens (tertiary/aromatic N) is 2. The molecular weight excluding hydrogens is 465 g/mol. The Morgan fingerprint density at radius 3 is 2.78 bits per heavy atom. The molecule has 3 aromatic rings. The second kappa shape index (κ2) is 10.6. The zero-order valence-electron chi connectivity index (χ0n) is 17.4. The number of rotatable bonds is 7. The lowest BCUT2D eigenvalue weighted by atomic mass is 9.97. The summed E-state index contributed by atoms with van der Waals surface area (Å²) in [6.45, 7) is 0.551. The van der Waals surface area contributed by atoms with Crippen molar-refractivity contribution in [1.82, 2.24) is 9.55 Å². The van der Waals surface area contributed by atoms with Crippen molar-refractivity contribution in [3.63, 3.8) is 0 Å². The summed E-state index contributed by atoms with van der Waals surface area (Å²) in [7, 11) is 0. The van der Waals surface area contributed by atoms with Gasteiger partial charge in [0.1, 0.15) is 0 Å². The van der Waals surface area contributed by atoms with Gasteiger partial charge in [-0.25, -0.2) is 4.98 Å². The van der Waals surface area contributed by atoms with E-state index in [9.17, 15) is 9.59 Å². The molecule has 0 fully saturated rings. The Morgan fingerprint density at radius 1 is 1.16 bits per heavy atom. The van der Waals surface area contributed by atoms with Crippen molar-refractivity contribution in [1.29, 1.82) is 0 Å². The molecule has 0 radical (unpaired) electrons. The van der Waals surface area contributed by atoms with Crippen LogP contribution in [0.25, 0.3) is 10.9 Å². The first kappa shape index (κ1) is 22.9. The van der Waals surface area contributed by atoms with Crippen LogP contribution in [0.2, 0.25) is 10.0 Å². The van der Waals surface area contributed by atoms with E-state index in [2.05, 4.69) is 11.4 Å². The van der Waals surface area contributed by atoms with Gasteiger partial charge in [0, 0.05) is 11.6 Å². The van der Waals surface area contributed by atoms with E-state index in [1.807, 2.05) is 18.2 Å². The fourth-order valence-electron chi connectivity index (χ4n) is 3.75. The fourth-order valence-corrected chi connectivity index (χ4v) is 5.03. The number of carbonyl (C=O) groups is 1. The first-order valence-corrected chi connectivity index (χ1v) is 12.3. The number of para-hydroxylation sites is 1. The SMILES string of the molecule is O=C(CSc1nc2ccccc2c(=O)n1CCC1=CCCCC1)Nc1ccc(Cl)cc1Cl. The summed E-state index contributed by atoms with van der Waals surface area (Å²) in [6, 6.07) is 12.2. The van der Waals surface area contributed by atoms with Gasteiger partial charge in [0.2, 0.25) is 5.91 Å². The minimum absolute atomic E-state index is 0.0735. The van der Waals surface area contributed by atoms with E-state index in [4.69, 9.17) is 28.2 Å². The van der Waals surface area contributed by atoms with E-state index >= 15 is 0 Å². The largest absolute Gasteiger partial charge is 0.324 e. The normalized spacial score (nSPS) is 13.8. The molecule has 0 saturated carbocycles. The van der Waals surface area contributed by atoms with Crippen molar-refractivity contribution in [2.45, 2.75) is 43.8 Å². The van der Waals surface area contributed by atoms with Crippen LogP contribution in [-0.2, 0) is 11.3 Å². The molecule has 166 valence electrons. The third-order valence-electron chi connectivity index (χ3n) is 5.41. The Kier molecular flexibility index (Phi) is 7.55. The molecule has 1 aromatic heterocycles. The molecule has 0 unspecified atom stereocenters. The third-order valence-corrected chi connectivity index (χ3v) is 6.93. The number of allylic oxidation sites excluding steroid dienone is 2. The maximum Gasteiger partial charge on any atom is 0.262 e. The van der Waals surface area contributed by atoms with Gasteiger partial charge < -0.3 is 5.32 Å². The van der Waals surface area contributed by atoms with Crippen molar-refractivity contribution in [2.24, 2.45) is 0 Å². The van der Waals surface area contributed by atoms with Gasteiger partial charge in [-0.15, -0.1) is 0 Å². The van der Waals surface area contributed by atoms with Gasteiger partial charge in [0.15, 0.2) is 5.16 Å². The molecule has 1 aliphatic carbocycles. The number of aromatic nitrogens is 2. The van der Waals surface area contributed by atoms with Gasteiger partial charge in [-0.3, -0.25) is 14.2 Å². The third kappa shape index (κ3) is 5.55. The zero-order chi connectivity index (χ0) is 22.5. The van der Waals surface area contributed by atoms with Gasteiger partial charge >= 0.3 is 0 Å². The lowest BCUT2D eigenvalue weighted by molar-refractivity contribution is -0.113. The molecule has 0 spiro atoms. The summed E-state index contributed by atoms with van der Waals surface area (Å²) in [4.78, 5) is 30.4. The minimum atomic E-state index is -0.233. The van der Waals surface area contributed by atoms with E-state index in [1.54, 1.807) is 28.8 Å². The van der Waals surface area contributed by atoms with Gasteiger partial charge in [-0.05, 0) is 62.4 Å². The highest BCUT2D eigenvalue weighted by atomic mass is 35.5. The molecule has 0 saturated heterocycles. The summed E-state index contributed by atoms with van der Waals surface area (Å²) in [5, 5.41) is 4.79. The highest BCUT2D eigenvalue weighted by Crippen LogP contribution is 2.26. The monoisotopic (exact) mass is 487 g/mol. The average Bonchev–Trinajstić information content (AvgIpc) is 2.80. The Labute approximate surface area is 200 Å². The lowest BCUT2D eigenvalue weighted by Gasteiger charge is -2.16. The summed E-state index contributed by atoms with van der Waals surface area (Å²) < 4.78 is 1.70. The number of hydrogen-bond acceptors (Lipinski definition) is 4. The molecule has 4 rings (SSSR count). The first-order valence-electron chi connectivity index (χ1n) is 10.6. The van der Waals surface area contributed by atoms with Crippen molar-refractivity contribution < 1.29 is 4.79 Å². The predicted octanol–water partition coefficient (Wildman–Crippen LogP) is 6.32. The van der Waals surface area contributed by atoms with E-state index < -0.39 is 0 Å². The summed E-state index contributed by atoms with van der Waals surface area (Å²) >= 11 is 13.3. The number of halogens is 2. The number of anilines is 1. The minimum Gasteiger partial charge on any atom is -0.324 e. The summed E-state index contributed by atoms with van der Waals surface area (Å²) in [5.41, 5.74) is 2.45. The van der Waals surface area contributed by atoms with Gasteiger partial charge in [-0.2, -0.15) is 0 Å². The zero-order valence-corrected chi connectivity index (χ0v) is 19.8. The number of fused-ring (bicyclic) bond motifs is 1. The Bertz CT molecular complexity index is 1240. The Morgan fingerprint density at radius 2 is 2.00 bits per heavy atom. The van der Waals surface area contributed by atoms with E-state index in [-0.39, 0.29) is 17.2 Å². The molecule has 1 amide bonds. The van der Waals surface area contributed by atoms with Crippen molar-refractivity contribution in [3.8, 4) is 0 Å². The van der Waals surface area contributed by atoms with Crippen LogP contribution in [0, 0.1) is 0 Å². The maximum absolute atomic E-state index is 13.2. The summed E-state index contributed by atoms with van der Waals surface area (Å²) in [5.74, 6) is -0.130. The fraction of sp³-hybridized carbons (Fsp3) is 0.292. The van der Waals surface area contributed by atoms with Crippen LogP contribution in [0.15, 0.2) is 64.1 Å². The number of hydrogen-bond donors (Lipinski definition) is 1. The molecule has 1 aliphatic rings. The molecule has 8 heteroatoms. The van der Waals surface area contributed by atoms with E-state index in [0.29, 0.717) is 38.3 Å². The van der Waals surface area contributed by atoms with Crippen molar-refractivity contribution >= 4 is 57.5 Å². The van der Waals surface area contributed by atoms with Crippen LogP contribution < -0.4 is 10.9 Å². The topological polar surface area (TPSA) is 64.0 Å². The molecule has 5 nitrogen and oxygen atoms in total. The number of amides is 1. The first-order chi connectivity index (χ1) is 15.5. The van der Waals surface area contributed by atoms with Crippen LogP contribution in [-0.4, -0.2) is 21.2 Å². The quantitative estimate of drug-likeness (QED) is 0.240. The van der Waals surface area contributed by atoms with Crippen LogP contribution in [0.5, 0.6) is 0 Å². The average molecular weight is 488 g/mol. The number of benzene rings is 2. The Hall–Kier alpha value is -2.28. The van der Waals surface area contributed by atoms with Crippen LogP contribution in [0.1, 0.15) is 32.1 Å². The molecule has 2 aromatic carbocycles. The molecular formula is C24H23Cl2N3O2S. The maximum atomic E-state index is 13.2. The summed E-state index contributed by atoms with van der Waals surface area (Å²) in [6.07, 6.45) is 7.73. The Balaban J connectivity index is 1.54. The van der Waals surface area contributed by atoms with Crippen molar-refractivity contribution in [2.75, 3.05) is 11.1 Å². The molecule has 0 bridgehead atoms. The van der Waals surface area contributed by atoms with Crippen LogP contribution in [0.3, 0.4) is 0 Å². The second-order valence-electron chi connectivity index (χ2n) is 7.69. The number of carbonyl (C=O) groups excluding carboxylic acids is 1. The highest BCUT2D eigenvalue weighted by Gasteiger charge is 2.15. The smallest absolute Gasteiger partial charge is 0.262 e. The van der Waals surface area contributed by atoms with E-state index in [0.717, 1.165) is 19.3 Å². The van der Waals surface area contributed by atoms with Crippen LogP contribution >= 0.6 is 35.0 Å². The number of thioether (sulfide) groups is 1. The number of nitrogens with one attached hydrogen (secondary N) is 1. The molecule has 32 heavy (non-hydrogen) atoms. The predicted molar refractivity (Wildman–Crippen MR) is 133 cm³/mol. The van der Waals surface area contributed by atoms with Gasteiger partial charge in [0.05, 0.1) is 27.4 Å². The van der Waals surface area contributed by atoms with Gasteiger partial charge in [0.25, 0.3) is 5.56 Å². The van der Waals surface area contributed by atoms with Crippen LogP contribution in [0.4, 0.5) is 5.69 Å². The van der Waals surface area contributed by atoms with Gasteiger partial charge in [-0.1, -0.05) is 58.7 Å². The highest BCUT2D eigenvalue weighted by molar-refractivity contribution is 7.99. The molecule has 1 heterocycles. The van der Waals surface area contributed by atoms with Crippen molar-refractivity contribution in [3.05, 3.63) is 74.5 Å². The van der Waals surface area contributed by atoms with E-state index in [1.165, 1.54) is 30.2 Å². The molecule has 0 atom stereocenters.